The standard InChI is InChI=1S/C12H18N4S/c1-8-9(2)17-12-10(8)11(14-7-15-12)16(3)6-4-5-13/h7H,4-6,13H2,1-3H3. The van der Waals surface area contributed by atoms with Crippen LogP contribution in [-0.4, -0.2) is 30.1 Å². The van der Waals surface area contributed by atoms with Crippen LogP contribution in [0.1, 0.15) is 16.9 Å². The topological polar surface area (TPSA) is 55.0 Å². The molecule has 0 fully saturated rings. The molecule has 0 amide bonds. The maximum Gasteiger partial charge on any atom is 0.140 e. The van der Waals surface area contributed by atoms with Crippen molar-refractivity contribution in [1.82, 2.24) is 9.97 Å². The lowest BCUT2D eigenvalue weighted by Crippen LogP contribution is -2.22. The number of rotatable bonds is 4. The SMILES string of the molecule is Cc1sc2ncnc(N(C)CCCN)c2c1C. The number of thiophene rings is 1. The van der Waals surface area contributed by atoms with Crippen LogP contribution < -0.4 is 10.6 Å². The van der Waals surface area contributed by atoms with E-state index in [0.29, 0.717) is 6.54 Å². The highest BCUT2D eigenvalue weighted by molar-refractivity contribution is 7.18. The zero-order valence-corrected chi connectivity index (χ0v) is 11.3. The summed E-state index contributed by atoms with van der Waals surface area (Å²) in [6, 6.07) is 0. The summed E-state index contributed by atoms with van der Waals surface area (Å²) in [6.45, 7) is 5.90. The van der Waals surface area contributed by atoms with E-state index in [1.807, 2.05) is 0 Å². The number of anilines is 1. The number of hydrogen-bond donors (Lipinski definition) is 1. The molecule has 0 aliphatic rings. The lowest BCUT2D eigenvalue weighted by molar-refractivity contribution is 0.788. The molecular formula is C12H18N4S. The molecule has 0 aromatic carbocycles. The van der Waals surface area contributed by atoms with Gasteiger partial charge >= 0.3 is 0 Å². The molecule has 2 rings (SSSR count). The molecule has 17 heavy (non-hydrogen) atoms. The molecule has 0 radical (unpaired) electrons. The Morgan fingerprint density at radius 2 is 2.12 bits per heavy atom. The Labute approximate surface area is 105 Å². The van der Waals surface area contributed by atoms with Gasteiger partial charge < -0.3 is 10.6 Å². The monoisotopic (exact) mass is 250 g/mol. The van der Waals surface area contributed by atoms with Crippen molar-refractivity contribution in [2.24, 2.45) is 5.73 Å². The van der Waals surface area contributed by atoms with Crippen molar-refractivity contribution in [2.75, 3.05) is 25.0 Å². The van der Waals surface area contributed by atoms with Gasteiger partial charge in [0.1, 0.15) is 17.0 Å². The molecule has 0 unspecified atom stereocenters. The Morgan fingerprint density at radius 3 is 2.82 bits per heavy atom. The predicted octanol–water partition coefficient (Wildman–Crippen LogP) is 2.09. The van der Waals surface area contributed by atoms with Crippen molar-refractivity contribution in [1.29, 1.82) is 0 Å². The summed E-state index contributed by atoms with van der Waals surface area (Å²) in [4.78, 5) is 13.3. The minimum Gasteiger partial charge on any atom is -0.359 e. The molecule has 0 saturated heterocycles. The normalized spacial score (nSPS) is 11.1. The second-order valence-corrected chi connectivity index (χ2v) is 5.43. The van der Waals surface area contributed by atoms with Gasteiger partial charge in [0.15, 0.2) is 0 Å². The van der Waals surface area contributed by atoms with E-state index in [9.17, 15) is 0 Å². The number of aryl methyl sites for hydroxylation is 2. The highest BCUT2D eigenvalue weighted by Gasteiger charge is 2.14. The minimum atomic E-state index is 0.709. The molecule has 2 heterocycles. The molecule has 2 aromatic heterocycles. The van der Waals surface area contributed by atoms with Crippen LogP contribution in [0.25, 0.3) is 10.2 Å². The third kappa shape index (κ3) is 2.25. The average molecular weight is 250 g/mol. The Bertz CT molecular complexity index is 520. The van der Waals surface area contributed by atoms with Crippen molar-refractivity contribution >= 4 is 27.4 Å². The maximum absolute atomic E-state index is 5.54. The van der Waals surface area contributed by atoms with Gasteiger partial charge in [0.2, 0.25) is 0 Å². The lowest BCUT2D eigenvalue weighted by atomic mass is 10.2. The second kappa shape index (κ2) is 4.98. The third-order valence-corrected chi connectivity index (χ3v) is 4.12. The fourth-order valence-electron chi connectivity index (χ4n) is 1.89. The highest BCUT2D eigenvalue weighted by atomic mass is 32.1. The lowest BCUT2D eigenvalue weighted by Gasteiger charge is -2.18. The fraction of sp³-hybridized carbons (Fsp3) is 0.500. The maximum atomic E-state index is 5.54. The summed E-state index contributed by atoms with van der Waals surface area (Å²) >= 11 is 1.73. The van der Waals surface area contributed by atoms with Gasteiger partial charge in [-0.2, -0.15) is 0 Å². The van der Waals surface area contributed by atoms with Crippen LogP contribution in [-0.2, 0) is 0 Å². The van der Waals surface area contributed by atoms with Crippen LogP contribution in [0, 0.1) is 13.8 Å². The fourth-order valence-corrected chi connectivity index (χ4v) is 2.88. The average Bonchev–Trinajstić information content (AvgIpc) is 2.62. The highest BCUT2D eigenvalue weighted by Crippen LogP contribution is 2.33. The first-order chi connectivity index (χ1) is 8.15. The molecule has 0 saturated carbocycles. The summed E-state index contributed by atoms with van der Waals surface area (Å²) in [6.07, 6.45) is 2.62. The molecule has 4 nitrogen and oxygen atoms in total. The van der Waals surface area contributed by atoms with Crippen molar-refractivity contribution < 1.29 is 0 Å². The molecule has 0 atom stereocenters. The van der Waals surface area contributed by atoms with Gasteiger partial charge in [-0.05, 0) is 32.4 Å². The van der Waals surface area contributed by atoms with E-state index in [1.54, 1.807) is 17.7 Å². The molecule has 0 bridgehead atoms. The Balaban J connectivity index is 2.46. The molecule has 0 aliphatic heterocycles. The molecule has 2 N–H and O–H groups in total. The first-order valence-electron chi connectivity index (χ1n) is 5.77. The van der Waals surface area contributed by atoms with E-state index in [2.05, 4.69) is 35.8 Å². The van der Waals surface area contributed by atoms with E-state index in [4.69, 9.17) is 5.73 Å². The number of fused-ring (bicyclic) bond motifs is 1. The predicted molar refractivity (Wildman–Crippen MR) is 73.8 cm³/mol. The van der Waals surface area contributed by atoms with Crippen LogP contribution >= 0.6 is 11.3 Å². The first-order valence-corrected chi connectivity index (χ1v) is 6.58. The van der Waals surface area contributed by atoms with E-state index in [-0.39, 0.29) is 0 Å². The summed E-state index contributed by atoms with van der Waals surface area (Å²) < 4.78 is 0. The van der Waals surface area contributed by atoms with E-state index in [1.165, 1.54) is 15.8 Å². The van der Waals surface area contributed by atoms with Crippen LogP contribution in [0.5, 0.6) is 0 Å². The van der Waals surface area contributed by atoms with Gasteiger partial charge in [-0.3, -0.25) is 0 Å². The van der Waals surface area contributed by atoms with Crippen LogP contribution in [0.15, 0.2) is 6.33 Å². The van der Waals surface area contributed by atoms with Gasteiger partial charge in [0.05, 0.1) is 5.39 Å². The second-order valence-electron chi connectivity index (χ2n) is 4.22. The van der Waals surface area contributed by atoms with Crippen molar-refractivity contribution in [2.45, 2.75) is 20.3 Å². The zero-order chi connectivity index (χ0) is 12.4. The first kappa shape index (κ1) is 12.3. The zero-order valence-electron chi connectivity index (χ0n) is 10.5. The molecule has 0 spiro atoms. The Kier molecular flexibility index (Phi) is 3.59. The van der Waals surface area contributed by atoms with Crippen molar-refractivity contribution in [3.05, 3.63) is 16.8 Å². The van der Waals surface area contributed by atoms with E-state index < -0.39 is 0 Å². The number of aromatic nitrogens is 2. The summed E-state index contributed by atoms with van der Waals surface area (Å²) in [5, 5.41) is 1.19. The van der Waals surface area contributed by atoms with Gasteiger partial charge in [-0.25, -0.2) is 9.97 Å². The van der Waals surface area contributed by atoms with Gasteiger partial charge in [0, 0.05) is 18.5 Å². The Hall–Kier alpha value is -1.20. The summed E-state index contributed by atoms with van der Waals surface area (Å²) in [5.74, 6) is 1.02. The van der Waals surface area contributed by atoms with Gasteiger partial charge in [-0.15, -0.1) is 11.3 Å². The van der Waals surface area contributed by atoms with Crippen LogP contribution in [0.4, 0.5) is 5.82 Å². The molecule has 0 aliphatic carbocycles. The molecular weight excluding hydrogens is 232 g/mol. The molecule has 5 heteroatoms. The molecule has 92 valence electrons. The largest absolute Gasteiger partial charge is 0.359 e. The minimum absolute atomic E-state index is 0.709. The van der Waals surface area contributed by atoms with E-state index >= 15 is 0 Å². The summed E-state index contributed by atoms with van der Waals surface area (Å²) in [7, 11) is 2.06. The van der Waals surface area contributed by atoms with E-state index in [0.717, 1.165) is 23.6 Å². The quantitative estimate of drug-likeness (QED) is 0.902. The van der Waals surface area contributed by atoms with Crippen LogP contribution in [0.3, 0.4) is 0 Å². The number of nitrogens with zero attached hydrogens (tertiary/aromatic N) is 3. The van der Waals surface area contributed by atoms with Crippen LogP contribution in [0.2, 0.25) is 0 Å². The third-order valence-electron chi connectivity index (χ3n) is 3.00. The molecule has 2 aromatic rings. The summed E-state index contributed by atoms with van der Waals surface area (Å²) in [5.41, 5.74) is 6.84. The van der Waals surface area contributed by atoms with Crippen molar-refractivity contribution in [3.63, 3.8) is 0 Å². The number of hydrogen-bond acceptors (Lipinski definition) is 5. The smallest absolute Gasteiger partial charge is 0.140 e. The Morgan fingerprint density at radius 1 is 1.35 bits per heavy atom. The van der Waals surface area contributed by atoms with Crippen molar-refractivity contribution in [3.8, 4) is 0 Å². The van der Waals surface area contributed by atoms with Gasteiger partial charge in [0.25, 0.3) is 0 Å². The number of nitrogens with two attached hydrogens (primary N) is 1. The van der Waals surface area contributed by atoms with Gasteiger partial charge in [-0.1, -0.05) is 0 Å².